The van der Waals surface area contributed by atoms with Crippen molar-refractivity contribution in [3.05, 3.63) is 71.8 Å². The van der Waals surface area contributed by atoms with E-state index in [4.69, 9.17) is 0 Å². The van der Waals surface area contributed by atoms with E-state index in [0.29, 0.717) is 6.54 Å². The normalized spacial score (nSPS) is 14.7. The summed E-state index contributed by atoms with van der Waals surface area (Å²) in [5, 5.41) is 7.63. The number of nitrogens with zero attached hydrogens (tertiary/aromatic N) is 4. The smallest absolute Gasteiger partial charge is 0.238 e. The molecule has 2 heterocycles. The third-order valence-electron chi connectivity index (χ3n) is 5.49. The molecule has 0 radical (unpaired) electrons. The number of benzene rings is 2. The number of carbonyl (C=O) groups excluding carboxylic acids is 1. The lowest BCUT2D eigenvalue weighted by molar-refractivity contribution is -0.117. The number of rotatable bonds is 5. The van der Waals surface area contributed by atoms with Crippen LogP contribution in [0.25, 0.3) is 5.69 Å². The number of amides is 1. The summed E-state index contributed by atoms with van der Waals surface area (Å²) in [5.74, 6) is -0.265. The predicted octanol–water partition coefficient (Wildman–Crippen LogP) is 3.39. The van der Waals surface area contributed by atoms with Crippen molar-refractivity contribution in [2.75, 3.05) is 42.9 Å². The second-order valence-electron chi connectivity index (χ2n) is 7.58. The molecule has 1 N–H and O–H groups in total. The minimum absolute atomic E-state index is 0.0379. The third kappa shape index (κ3) is 4.36. The molecule has 1 aliphatic heterocycles. The largest absolute Gasteiger partial charge is 0.369 e. The molecule has 0 unspecified atom stereocenters. The van der Waals surface area contributed by atoms with Crippen molar-refractivity contribution < 1.29 is 9.18 Å². The molecule has 0 aliphatic carbocycles. The van der Waals surface area contributed by atoms with Crippen LogP contribution < -0.4 is 10.2 Å². The molecule has 0 bridgehead atoms. The van der Waals surface area contributed by atoms with E-state index >= 15 is 0 Å². The minimum Gasteiger partial charge on any atom is -0.369 e. The molecular formula is C23H26FN5O. The Morgan fingerprint density at radius 3 is 2.30 bits per heavy atom. The fourth-order valence-corrected chi connectivity index (χ4v) is 3.84. The molecule has 3 aromatic rings. The fraction of sp³-hybridized carbons (Fsp3) is 0.304. The molecule has 30 heavy (non-hydrogen) atoms. The maximum absolute atomic E-state index is 13.1. The maximum atomic E-state index is 13.1. The highest BCUT2D eigenvalue weighted by molar-refractivity contribution is 5.93. The van der Waals surface area contributed by atoms with Crippen molar-refractivity contribution in [2.24, 2.45) is 0 Å². The van der Waals surface area contributed by atoms with Crippen molar-refractivity contribution >= 4 is 17.3 Å². The molecule has 1 aromatic heterocycles. The van der Waals surface area contributed by atoms with E-state index < -0.39 is 0 Å². The number of halogens is 1. The number of piperazine rings is 1. The van der Waals surface area contributed by atoms with E-state index in [2.05, 4.69) is 20.2 Å². The Morgan fingerprint density at radius 2 is 1.63 bits per heavy atom. The van der Waals surface area contributed by atoms with Gasteiger partial charge in [-0.15, -0.1) is 0 Å². The number of hydrogen-bond acceptors (Lipinski definition) is 4. The lowest BCUT2D eigenvalue weighted by Gasteiger charge is -2.35. The van der Waals surface area contributed by atoms with Crippen molar-refractivity contribution in [3.63, 3.8) is 0 Å². The van der Waals surface area contributed by atoms with Gasteiger partial charge in [0, 0.05) is 31.9 Å². The summed E-state index contributed by atoms with van der Waals surface area (Å²) in [7, 11) is 0. The number of hydrogen-bond donors (Lipinski definition) is 1. The van der Waals surface area contributed by atoms with E-state index in [0.717, 1.165) is 54.6 Å². The maximum Gasteiger partial charge on any atom is 0.238 e. The zero-order valence-electron chi connectivity index (χ0n) is 17.3. The number of aryl methyl sites for hydroxylation is 1. The monoisotopic (exact) mass is 407 g/mol. The van der Waals surface area contributed by atoms with Gasteiger partial charge in [0.25, 0.3) is 0 Å². The van der Waals surface area contributed by atoms with E-state index in [1.165, 1.54) is 12.1 Å². The SMILES string of the molecule is Cc1nn(-c2ccccc2)c(C)c1NC(=O)CN1CCN(c2ccc(F)cc2)CC1. The number of carbonyl (C=O) groups is 1. The summed E-state index contributed by atoms with van der Waals surface area (Å²) in [6.45, 7) is 7.39. The van der Waals surface area contributed by atoms with Crippen LogP contribution in [0.5, 0.6) is 0 Å². The Kier molecular flexibility index (Phi) is 5.81. The highest BCUT2D eigenvalue weighted by Gasteiger charge is 2.21. The van der Waals surface area contributed by atoms with Crippen LogP contribution in [0.1, 0.15) is 11.4 Å². The summed E-state index contributed by atoms with van der Waals surface area (Å²) in [4.78, 5) is 17.0. The Bertz CT molecular complexity index is 1010. The quantitative estimate of drug-likeness (QED) is 0.705. The first-order chi connectivity index (χ1) is 14.5. The molecule has 6 nitrogen and oxygen atoms in total. The van der Waals surface area contributed by atoms with Crippen molar-refractivity contribution in [1.82, 2.24) is 14.7 Å². The number of aromatic nitrogens is 2. The van der Waals surface area contributed by atoms with Gasteiger partial charge in [-0.05, 0) is 50.2 Å². The molecule has 7 heteroatoms. The highest BCUT2D eigenvalue weighted by Crippen LogP contribution is 2.23. The lowest BCUT2D eigenvalue weighted by atomic mass is 10.2. The van der Waals surface area contributed by atoms with Gasteiger partial charge in [0.2, 0.25) is 5.91 Å². The van der Waals surface area contributed by atoms with Gasteiger partial charge in [0.05, 0.1) is 29.3 Å². The van der Waals surface area contributed by atoms with Crippen LogP contribution in [0.4, 0.5) is 15.8 Å². The Hall–Kier alpha value is -3.19. The first kappa shape index (κ1) is 20.1. The number of nitrogens with one attached hydrogen (secondary N) is 1. The van der Waals surface area contributed by atoms with Gasteiger partial charge in [-0.2, -0.15) is 5.10 Å². The zero-order chi connectivity index (χ0) is 21.1. The molecule has 156 valence electrons. The topological polar surface area (TPSA) is 53.4 Å². The standard InChI is InChI=1S/C23H26FN5O/c1-17-23(18(2)29(26-17)21-6-4-3-5-7-21)25-22(30)16-27-12-14-28(15-13-27)20-10-8-19(24)9-11-20/h3-11H,12-16H2,1-2H3,(H,25,30). The second-order valence-corrected chi connectivity index (χ2v) is 7.58. The molecule has 0 spiro atoms. The third-order valence-corrected chi connectivity index (χ3v) is 5.49. The van der Waals surface area contributed by atoms with Gasteiger partial charge in [-0.3, -0.25) is 9.69 Å². The molecule has 1 fully saturated rings. The van der Waals surface area contributed by atoms with Gasteiger partial charge < -0.3 is 10.2 Å². The van der Waals surface area contributed by atoms with Crippen molar-refractivity contribution in [3.8, 4) is 5.69 Å². The first-order valence-corrected chi connectivity index (χ1v) is 10.2. The van der Waals surface area contributed by atoms with E-state index in [-0.39, 0.29) is 11.7 Å². The fourth-order valence-electron chi connectivity index (χ4n) is 3.84. The molecule has 4 rings (SSSR count). The average Bonchev–Trinajstić information content (AvgIpc) is 3.04. The summed E-state index contributed by atoms with van der Waals surface area (Å²) in [6, 6.07) is 16.4. The number of anilines is 2. The lowest BCUT2D eigenvalue weighted by Crippen LogP contribution is -2.48. The van der Waals surface area contributed by atoms with E-state index in [9.17, 15) is 9.18 Å². The van der Waals surface area contributed by atoms with Crippen LogP contribution in [0, 0.1) is 19.7 Å². The Morgan fingerprint density at radius 1 is 0.967 bits per heavy atom. The van der Waals surface area contributed by atoms with Crippen LogP contribution in [-0.4, -0.2) is 53.3 Å². The average molecular weight is 407 g/mol. The van der Waals surface area contributed by atoms with Crippen molar-refractivity contribution in [1.29, 1.82) is 0 Å². The molecule has 0 saturated carbocycles. The Balaban J connectivity index is 1.35. The summed E-state index contributed by atoms with van der Waals surface area (Å²) < 4.78 is 15.0. The van der Waals surface area contributed by atoms with Gasteiger partial charge in [0.1, 0.15) is 5.82 Å². The van der Waals surface area contributed by atoms with Gasteiger partial charge in [-0.25, -0.2) is 9.07 Å². The van der Waals surface area contributed by atoms with Crippen LogP contribution in [0.3, 0.4) is 0 Å². The highest BCUT2D eigenvalue weighted by atomic mass is 19.1. The first-order valence-electron chi connectivity index (χ1n) is 10.2. The number of para-hydroxylation sites is 1. The van der Waals surface area contributed by atoms with Crippen LogP contribution in [0.15, 0.2) is 54.6 Å². The van der Waals surface area contributed by atoms with Gasteiger partial charge >= 0.3 is 0 Å². The van der Waals surface area contributed by atoms with E-state index in [1.807, 2.05) is 48.9 Å². The van der Waals surface area contributed by atoms with Crippen molar-refractivity contribution in [2.45, 2.75) is 13.8 Å². The molecule has 2 aromatic carbocycles. The molecule has 0 atom stereocenters. The minimum atomic E-state index is -0.227. The summed E-state index contributed by atoms with van der Waals surface area (Å²) in [6.07, 6.45) is 0. The van der Waals surface area contributed by atoms with Gasteiger partial charge in [0.15, 0.2) is 0 Å². The second kappa shape index (κ2) is 8.67. The van der Waals surface area contributed by atoms with Crippen LogP contribution in [0.2, 0.25) is 0 Å². The van der Waals surface area contributed by atoms with Crippen LogP contribution >= 0.6 is 0 Å². The van der Waals surface area contributed by atoms with Gasteiger partial charge in [-0.1, -0.05) is 18.2 Å². The predicted molar refractivity (Wildman–Crippen MR) is 117 cm³/mol. The molecule has 1 saturated heterocycles. The molecular weight excluding hydrogens is 381 g/mol. The van der Waals surface area contributed by atoms with Crippen LogP contribution in [-0.2, 0) is 4.79 Å². The Labute approximate surface area is 175 Å². The molecule has 1 aliphatic rings. The summed E-state index contributed by atoms with van der Waals surface area (Å²) >= 11 is 0. The summed E-state index contributed by atoms with van der Waals surface area (Å²) in [5.41, 5.74) is 4.46. The zero-order valence-corrected chi connectivity index (χ0v) is 17.3. The van der Waals surface area contributed by atoms with E-state index in [1.54, 1.807) is 12.1 Å². The molecule has 1 amide bonds.